The van der Waals surface area contributed by atoms with Crippen LogP contribution in [0.15, 0.2) is 48.5 Å². The van der Waals surface area contributed by atoms with Crippen LogP contribution in [0, 0.1) is 5.92 Å². The van der Waals surface area contributed by atoms with E-state index < -0.39 is 29.7 Å². The van der Waals surface area contributed by atoms with Crippen LogP contribution in [0.4, 0.5) is 4.79 Å². The van der Waals surface area contributed by atoms with Crippen LogP contribution < -0.4 is 10.6 Å². The normalized spacial score (nSPS) is 20.4. The molecule has 4 rings (SSSR count). The molecule has 0 bridgehead atoms. The van der Waals surface area contributed by atoms with Gasteiger partial charge in [-0.25, -0.2) is 4.79 Å². The third-order valence-electron chi connectivity index (χ3n) is 7.71. The van der Waals surface area contributed by atoms with Crippen LogP contribution in [0.25, 0.3) is 0 Å². The number of phenols is 2. The van der Waals surface area contributed by atoms with E-state index in [2.05, 4.69) is 10.6 Å². The third kappa shape index (κ3) is 8.38. The maximum atomic E-state index is 14.5. The zero-order chi connectivity index (χ0) is 29.7. The first-order chi connectivity index (χ1) is 19.4. The van der Waals surface area contributed by atoms with Gasteiger partial charge < -0.3 is 30.5 Å². The fraction of sp³-hybridized carbons (Fsp3) is 0.531. The molecule has 0 heterocycles. The van der Waals surface area contributed by atoms with Gasteiger partial charge in [-0.15, -0.1) is 0 Å². The molecule has 2 aromatic carbocycles. The number of nitrogens with one attached hydrogen (secondary N) is 2. The quantitative estimate of drug-likeness (QED) is 0.340. The molecule has 0 aliphatic heterocycles. The van der Waals surface area contributed by atoms with Gasteiger partial charge in [0.2, 0.25) is 11.8 Å². The fourth-order valence-corrected chi connectivity index (χ4v) is 5.53. The molecule has 2 aromatic rings. The molecule has 3 amide bonds. The summed E-state index contributed by atoms with van der Waals surface area (Å²) < 4.78 is 5.49. The average Bonchev–Trinajstić information content (AvgIpc) is 3.62. The van der Waals surface area contributed by atoms with Gasteiger partial charge in [0.1, 0.15) is 29.2 Å². The summed E-state index contributed by atoms with van der Waals surface area (Å²) in [5.41, 5.74) is 0.457. The summed E-state index contributed by atoms with van der Waals surface area (Å²) in [4.78, 5) is 43.0. The van der Waals surface area contributed by atoms with Crippen molar-refractivity contribution in [3.8, 4) is 11.5 Å². The second kappa shape index (κ2) is 12.8. The number of hydrogen-bond acceptors (Lipinski definition) is 6. The molecule has 0 spiro atoms. The van der Waals surface area contributed by atoms with Crippen molar-refractivity contribution in [3.63, 3.8) is 0 Å². The molecule has 9 heteroatoms. The molecule has 4 N–H and O–H groups in total. The Kier molecular flexibility index (Phi) is 9.46. The van der Waals surface area contributed by atoms with Gasteiger partial charge in [-0.05, 0) is 81.3 Å². The zero-order valence-corrected chi connectivity index (χ0v) is 24.4. The summed E-state index contributed by atoms with van der Waals surface area (Å²) in [6.07, 6.45) is 5.10. The lowest BCUT2D eigenvalue weighted by Crippen LogP contribution is -2.55. The Balaban J connectivity index is 1.70. The maximum Gasteiger partial charge on any atom is 0.408 e. The van der Waals surface area contributed by atoms with E-state index >= 15 is 0 Å². The van der Waals surface area contributed by atoms with Gasteiger partial charge in [0, 0.05) is 18.5 Å². The molecule has 2 aliphatic rings. The summed E-state index contributed by atoms with van der Waals surface area (Å²) in [5.74, 6) is -0.451. The molecule has 4 atom stereocenters. The van der Waals surface area contributed by atoms with Crippen LogP contribution in [-0.4, -0.2) is 56.7 Å². The molecule has 41 heavy (non-hydrogen) atoms. The number of hydrogen-bond donors (Lipinski definition) is 4. The molecule has 2 fully saturated rings. The maximum absolute atomic E-state index is 14.5. The van der Waals surface area contributed by atoms with Crippen molar-refractivity contribution < 1.29 is 29.3 Å². The number of phenolic OH excluding ortho intramolecular Hbond substituents is 2. The van der Waals surface area contributed by atoms with Crippen molar-refractivity contribution in [1.82, 2.24) is 15.5 Å². The van der Waals surface area contributed by atoms with Gasteiger partial charge >= 0.3 is 6.09 Å². The summed E-state index contributed by atoms with van der Waals surface area (Å²) in [7, 11) is 0. The SMILES string of the molecule is CC1CC1N(C(=O)C(Cc1ccc(O)cc1)NC(=O)OC(C)(C)C)C(C(=O)NC1CCCCC1)c1cccc(O)c1. The summed E-state index contributed by atoms with van der Waals surface area (Å²) >= 11 is 0. The monoisotopic (exact) mass is 565 g/mol. The third-order valence-corrected chi connectivity index (χ3v) is 7.71. The molecule has 0 saturated heterocycles. The minimum absolute atomic E-state index is 0.00161. The number of alkyl carbamates (subject to hydrolysis) is 1. The molecule has 0 aromatic heterocycles. The van der Waals surface area contributed by atoms with Gasteiger partial charge in [0.15, 0.2) is 0 Å². The number of nitrogens with zero attached hydrogens (tertiary/aromatic N) is 1. The second-order valence-electron chi connectivity index (χ2n) is 12.4. The number of ether oxygens (including phenoxy) is 1. The van der Waals surface area contributed by atoms with Crippen molar-refractivity contribution >= 4 is 17.9 Å². The van der Waals surface area contributed by atoms with Crippen LogP contribution in [0.5, 0.6) is 11.5 Å². The van der Waals surface area contributed by atoms with Gasteiger partial charge in [0.25, 0.3) is 0 Å². The minimum Gasteiger partial charge on any atom is -0.508 e. The van der Waals surface area contributed by atoms with E-state index in [1.54, 1.807) is 49.9 Å². The van der Waals surface area contributed by atoms with Crippen molar-refractivity contribution in [2.24, 2.45) is 5.92 Å². The summed E-state index contributed by atoms with van der Waals surface area (Å²) in [5, 5.41) is 26.0. The van der Waals surface area contributed by atoms with Crippen LogP contribution in [0.3, 0.4) is 0 Å². The Hall–Kier alpha value is -3.75. The molecule has 4 unspecified atom stereocenters. The number of rotatable bonds is 9. The largest absolute Gasteiger partial charge is 0.508 e. The van der Waals surface area contributed by atoms with Crippen molar-refractivity contribution in [2.45, 2.75) is 102 Å². The molecule has 2 saturated carbocycles. The molecule has 222 valence electrons. The lowest BCUT2D eigenvalue weighted by Gasteiger charge is -2.36. The molecular weight excluding hydrogens is 522 g/mol. The fourth-order valence-electron chi connectivity index (χ4n) is 5.53. The highest BCUT2D eigenvalue weighted by Gasteiger charge is 2.48. The highest BCUT2D eigenvalue weighted by Crippen LogP contribution is 2.41. The van der Waals surface area contributed by atoms with Gasteiger partial charge in [-0.2, -0.15) is 0 Å². The number of aromatic hydroxyl groups is 2. The predicted octanol–water partition coefficient (Wildman–Crippen LogP) is 4.96. The lowest BCUT2D eigenvalue weighted by atomic mass is 9.94. The van der Waals surface area contributed by atoms with E-state index in [0.29, 0.717) is 5.56 Å². The van der Waals surface area contributed by atoms with E-state index in [9.17, 15) is 24.6 Å². The first-order valence-electron chi connectivity index (χ1n) is 14.6. The average molecular weight is 566 g/mol. The van der Waals surface area contributed by atoms with Gasteiger partial charge in [-0.1, -0.05) is 50.5 Å². The van der Waals surface area contributed by atoms with E-state index in [-0.39, 0.29) is 41.8 Å². The Labute approximate surface area is 242 Å². The lowest BCUT2D eigenvalue weighted by molar-refractivity contribution is -0.143. The molecule has 2 aliphatic carbocycles. The number of benzene rings is 2. The number of amides is 3. The van der Waals surface area contributed by atoms with Gasteiger partial charge in [0.05, 0.1) is 0 Å². The topological polar surface area (TPSA) is 128 Å². The summed E-state index contributed by atoms with van der Waals surface area (Å²) in [6, 6.07) is 10.7. The Morgan fingerprint density at radius 3 is 2.24 bits per heavy atom. The van der Waals surface area contributed by atoms with Gasteiger partial charge in [-0.3, -0.25) is 9.59 Å². The Bertz CT molecular complexity index is 1220. The van der Waals surface area contributed by atoms with E-state index in [1.807, 2.05) is 6.92 Å². The van der Waals surface area contributed by atoms with Crippen molar-refractivity contribution in [2.75, 3.05) is 0 Å². The molecule has 9 nitrogen and oxygen atoms in total. The van der Waals surface area contributed by atoms with Crippen LogP contribution in [0.2, 0.25) is 0 Å². The van der Waals surface area contributed by atoms with Crippen LogP contribution in [-0.2, 0) is 20.7 Å². The minimum atomic E-state index is -1.04. The standard InChI is InChI=1S/C32H43N3O6/c1-20-17-27(20)35(28(22-9-8-12-25(37)19-22)29(38)33-23-10-6-5-7-11-23)30(39)26(34-31(40)41-32(2,3)4)18-21-13-15-24(36)16-14-21/h8-9,12-16,19-20,23,26-28,36-37H,5-7,10-11,17-18H2,1-4H3,(H,33,38)(H,34,40). The van der Waals surface area contributed by atoms with E-state index in [4.69, 9.17) is 4.74 Å². The highest BCUT2D eigenvalue weighted by atomic mass is 16.6. The Morgan fingerprint density at radius 1 is 1.00 bits per heavy atom. The number of carbonyl (C=O) groups excluding carboxylic acids is 3. The zero-order valence-electron chi connectivity index (χ0n) is 24.4. The first kappa shape index (κ1) is 30.2. The second-order valence-corrected chi connectivity index (χ2v) is 12.4. The van der Waals surface area contributed by atoms with Crippen LogP contribution >= 0.6 is 0 Å². The smallest absolute Gasteiger partial charge is 0.408 e. The van der Waals surface area contributed by atoms with Crippen molar-refractivity contribution in [3.05, 3.63) is 59.7 Å². The predicted molar refractivity (Wildman–Crippen MR) is 155 cm³/mol. The highest BCUT2D eigenvalue weighted by molar-refractivity contribution is 5.93. The Morgan fingerprint density at radius 2 is 1.66 bits per heavy atom. The molecular formula is C32H43N3O6. The van der Waals surface area contributed by atoms with Crippen molar-refractivity contribution in [1.29, 1.82) is 0 Å². The molecule has 0 radical (unpaired) electrons. The number of carbonyl (C=O) groups is 3. The van der Waals surface area contributed by atoms with E-state index in [1.165, 1.54) is 24.3 Å². The summed E-state index contributed by atoms with van der Waals surface area (Å²) in [6.45, 7) is 7.26. The van der Waals surface area contributed by atoms with Crippen LogP contribution in [0.1, 0.15) is 83.4 Å². The van der Waals surface area contributed by atoms with E-state index in [0.717, 1.165) is 44.1 Å². The first-order valence-corrected chi connectivity index (χ1v) is 14.6.